The molecule has 0 aliphatic carbocycles. The Morgan fingerprint density at radius 1 is 1.38 bits per heavy atom. The fourth-order valence-electron chi connectivity index (χ4n) is 0.385. The van der Waals surface area contributed by atoms with E-state index in [9.17, 15) is 0 Å². The number of aromatic nitrogens is 2. The van der Waals surface area contributed by atoms with Crippen molar-refractivity contribution in [1.82, 2.24) is 9.97 Å². The summed E-state index contributed by atoms with van der Waals surface area (Å²) in [5.74, 6) is 0. The highest BCUT2D eigenvalue weighted by atomic mass is 14.8. The van der Waals surface area contributed by atoms with Gasteiger partial charge in [-0.25, -0.2) is 9.97 Å². The van der Waals surface area contributed by atoms with Crippen molar-refractivity contribution in [3.05, 3.63) is 24.3 Å². The summed E-state index contributed by atoms with van der Waals surface area (Å²) < 4.78 is 0. The highest BCUT2D eigenvalue weighted by Gasteiger charge is 1.79. The number of hydrogen-bond donors (Lipinski definition) is 1. The van der Waals surface area contributed by atoms with Crippen molar-refractivity contribution in [2.24, 2.45) is 0 Å². The fraction of sp³-hybridized carbons (Fsp3) is 0. The monoisotopic (exact) mass is 107 g/mol. The quantitative estimate of drug-likeness (QED) is 0.530. The maximum atomic E-state index is 6.74. The van der Waals surface area contributed by atoms with Crippen LogP contribution < -0.4 is 0 Å². The van der Waals surface area contributed by atoms with E-state index in [1.54, 1.807) is 12.4 Å². The number of nitrogens with zero attached hydrogens (tertiary/aromatic N) is 2. The first-order chi connectivity index (χ1) is 3.93. The van der Waals surface area contributed by atoms with Gasteiger partial charge in [0.05, 0.1) is 0 Å². The molecule has 3 nitrogen and oxygen atoms in total. The van der Waals surface area contributed by atoms with Gasteiger partial charge in [-0.05, 0) is 0 Å². The van der Waals surface area contributed by atoms with Gasteiger partial charge < -0.3 is 5.41 Å². The number of rotatable bonds is 1. The zero-order valence-corrected chi connectivity index (χ0v) is 4.20. The van der Waals surface area contributed by atoms with Crippen molar-refractivity contribution in [1.29, 1.82) is 5.41 Å². The summed E-state index contributed by atoms with van der Waals surface area (Å²) in [5, 5.41) is 6.74. The summed E-state index contributed by atoms with van der Waals surface area (Å²) in [5.41, 5.74) is 0.729. The lowest BCUT2D eigenvalue weighted by atomic mass is 10.4. The Morgan fingerprint density at radius 3 is 2.38 bits per heavy atom. The molecule has 0 amide bonds. The minimum atomic E-state index is 0.729. The topological polar surface area (TPSA) is 49.6 Å². The van der Waals surface area contributed by atoms with Gasteiger partial charge in [-0.3, -0.25) is 0 Å². The SMILES string of the molecule is N=Cc1cncnc1. The van der Waals surface area contributed by atoms with Crippen LogP contribution in [0.2, 0.25) is 0 Å². The summed E-state index contributed by atoms with van der Waals surface area (Å²) in [7, 11) is 0. The lowest BCUT2D eigenvalue weighted by Gasteiger charge is -1.82. The van der Waals surface area contributed by atoms with Crippen LogP contribution in [0.1, 0.15) is 5.56 Å². The number of nitrogens with one attached hydrogen (secondary N) is 1. The van der Waals surface area contributed by atoms with E-state index in [-0.39, 0.29) is 0 Å². The highest BCUT2D eigenvalue weighted by Crippen LogP contribution is 1.83. The highest BCUT2D eigenvalue weighted by molar-refractivity contribution is 5.75. The molecule has 0 unspecified atom stereocenters. The molecule has 3 heteroatoms. The van der Waals surface area contributed by atoms with Gasteiger partial charge in [-0.1, -0.05) is 0 Å². The van der Waals surface area contributed by atoms with Crippen molar-refractivity contribution in [3.8, 4) is 0 Å². The van der Waals surface area contributed by atoms with Gasteiger partial charge in [-0.15, -0.1) is 0 Å². The summed E-state index contributed by atoms with van der Waals surface area (Å²) in [4.78, 5) is 7.39. The predicted molar refractivity (Wildman–Crippen MR) is 29.9 cm³/mol. The van der Waals surface area contributed by atoms with Crippen LogP contribution >= 0.6 is 0 Å². The van der Waals surface area contributed by atoms with Gasteiger partial charge in [0.25, 0.3) is 0 Å². The maximum Gasteiger partial charge on any atom is 0.115 e. The molecule has 0 spiro atoms. The second-order valence-electron chi connectivity index (χ2n) is 1.32. The molecule has 0 fully saturated rings. The largest absolute Gasteiger partial charge is 0.308 e. The molecule has 1 heterocycles. The van der Waals surface area contributed by atoms with Crippen LogP contribution in [0.5, 0.6) is 0 Å². The molecule has 0 saturated heterocycles. The molecular weight excluding hydrogens is 102 g/mol. The van der Waals surface area contributed by atoms with Crippen LogP contribution in [-0.2, 0) is 0 Å². The molecule has 0 radical (unpaired) electrons. The lowest BCUT2D eigenvalue weighted by Crippen LogP contribution is -1.81. The fourth-order valence-corrected chi connectivity index (χ4v) is 0.385. The molecule has 0 bridgehead atoms. The molecule has 1 N–H and O–H groups in total. The van der Waals surface area contributed by atoms with E-state index in [0.717, 1.165) is 5.56 Å². The van der Waals surface area contributed by atoms with E-state index in [2.05, 4.69) is 9.97 Å². The van der Waals surface area contributed by atoms with Crippen LogP contribution in [0.3, 0.4) is 0 Å². The van der Waals surface area contributed by atoms with Gasteiger partial charge in [0.1, 0.15) is 6.33 Å². The predicted octanol–water partition coefficient (Wildman–Crippen LogP) is 0.474. The van der Waals surface area contributed by atoms with Crippen molar-refractivity contribution >= 4 is 6.21 Å². The minimum Gasteiger partial charge on any atom is -0.308 e. The average molecular weight is 107 g/mol. The molecule has 0 aliphatic rings. The summed E-state index contributed by atoms with van der Waals surface area (Å²) in [6, 6.07) is 0. The van der Waals surface area contributed by atoms with E-state index in [1.165, 1.54) is 12.5 Å². The van der Waals surface area contributed by atoms with Gasteiger partial charge in [0.2, 0.25) is 0 Å². The van der Waals surface area contributed by atoms with Crippen molar-refractivity contribution in [3.63, 3.8) is 0 Å². The van der Waals surface area contributed by atoms with Crippen LogP contribution in [0.25, 0.3) is 0 Å². The zero-order valence-electron chi connectivity index (χ0n) is 4.20. The first kappa shape index (κ1) is 4.90. The Kier molecular flexibility index (Phi) is 1.32. The van der Waals surface area contributed by atoms with E-state index in [4.69, 9.17) is 5.41 Å². The van der Waals surface area contributed by atoms with Crippen molar-refractivity contribution in [2.45, 2.75) is 0 Å². The summed E-state index contributed by atoms with van der Waals surface area (Å²) >= 11 is 0. The maximum absolute atomic E-state index is 6.74. The molecule has 8 heavy (non-hydrogen) atoms. The molecule has 0 atom stereocenters. The Bertz CT molecular complexity index is 170. The van der Waals surface area contributed by atoms with Crippen LogP contribution in [0.4, 0.5) is 0 Å². The van der Waals surface area contributed by atoms with Gasteiger partial charge in [-0.2, -0.15) is 0 Å². The molecule has 1 aromatic rings. The second-order valence-corrected chi connectivity index (χ2v) is 1.32. The van der Waals surface area contributed by atoms with Crippen LogP contribution in [0, 0.1) is 5.41 Å². The molecule has 0 saturated carbocycles. The molecule has 1 aromatic heterocycles. The zero-order chi connectivity index (χ0) is 5.82. The first-order valence-electron chi connectivity index (χ1n) is 2.19. The van der Waals surface area contributed by atoms with E-state index >= 15 is 0 Å². The third-order valence-electron chi connectivity index (χ3n) is 0.747. The van der Waals surface area contributed by atoms with Gasteiger partial charge in [0.15, 0.2) is 0 Å². The lowest BCUT2D eigenvalue weighted by molar-refractivity contribution is 1.16. The second kappa shape index (κ2) is 2.16. The normalized spacial score (nSPS) is 8.50. The third kappa shape index (κ3) is 0.872. The molecular formula is C5H5N3. The molecule has 1 rings (SSSR count). The number of hydrogen-bond acceptors (Lipinski definition) is 3. The van der Waals surface area contributed by atoms with Crippen molar-refractivity contribution < 1.29 is 0 Å². The van der Waals surface area contributed by atoms with Gasteiger partial charge in [0, 0.05) is 24.2 Å². The van der Waals surface area contributed by atoms with Crippen LogP contribution in [-0.4, -0.2) is 16.2 Å². The molecule has 0 aliphatic heterocycles. The minimum absolute atomic E-state index is 0.729. The Labute approximate surface area is 46.9 Å². The Morgan fingerprint density at radius 2 is 2.00 bits per heavy atom. The van der Waals surface area contributed by atoms with E-state index in [1.807, 2.05) is 0 Å². The van der Waals surface area contributed by atoms with Gasteiger partial charge >= 0.3 is 0 Å². The van der Waals surface area contributed by atoms with Crippen LogP contribution in [0.15, 0.2) is 18.7 Å². The van der Waals surface area contributed by atoms with Crippen molar-refractivity contribution in [2.75, 3.05) is 0 Å². The molecule has 40 valence electrons. The third-order valence-corrected chi connectivity index (χ3v) is 0.747. The summed E-state index contributed by atoms with van der Waals surface area (Å²) in [6.45, 7) is 0. The standard InChI is InChI=1S/C5H5N3/c6-1-5-2-7-4-8-3-5/h1-4,6H. The Hall–Kier alpha value is -1.25. The summed E-state index contributed by atoms with van der Waals surface area (Å²) in [6.07, 6.45) is 5.81. The van der Waals surface area contributed by atoms with E-state index in [0.29, 0.717) is 0 Å². The first-order valence-corrected chi connectivity index (χ1v) is 2.19. The smallest absolute Gasteiger partial charge is 0.115 e. The Balaban J connectivity index is 2.99. The average Bonchev–Trinajstić information content (AvgIpc) is 1.90. The van der Waals surface area contributed by atoms with E-state index < -0.39 is 0 Å². The molecule has 0 aromatic carbocycles.